The molecule has 0 aliphatic rings. The summed E-state index contributed by atoms with van der Waals surface area (Å²) in [6, 6.07) is 17.5. The van der Waals surface area contributed by atoms with Gasteiger partial charge in [0.25, 0.3) is 5.56 Å². The first kappa shape index (κ1) is 23.1. The van der Waals surface area contributed by atoms with Gasteiger partial charge in [0.1, 0.15) is 4.70 Å². The van der Waals surface area contributed by atoms with Gasteiger partial charge < -0.3 is 14.0 Å². The van der Waals surface area contributed by atoms with Crippen LogP contribution < -0.4 is 15.0 Å². The second-order valence-corrected chi connectivity index (χ2v) is 9.47. The molecule has 0 amide bonds. The zero-order valence-electron chi connectivity index (χ0n) is 19.3. The molecule has 0 aliphatic heterocycles. The number of rotatable bonds is 8. The summed E-state index contributed by atoms with van der Waals surface area (Å²) in [5.41, 5.74) is 2.39. The number of methoxy groups -OCH3 is 2. The molecule has 5 rings (SSSR count). The van der Waals surface area contributed by atoms with Crippen LogP contribution in [0, 0.1) is 0 Å². The Morgan fingerprint density at radius 2 is 1.89 bits per heavy atom. The van der Waals surface area contributed by atoms with Crippen molar-refractivity contribution >= 4 is 33.3 Å². The maximum atomic E-state index is 13.2. The lowest BCUT2D eigenvalue weighted by atomic mass is 10.2. The van der Waals surface area contributed by atoms with E-state index in [1.165, 1.54) is 23.1 Å². The summed E-state index contributed by atoms with van der Waals surface area (Å²) in [4.78, 5) is 23.5. The molecule has 5 aromatic rings. The smallest absolute Gasteiger partial charge is 0.272 e. The Balaban J connectivity index is 1.43. The first-order valence-electron chi connectivity index (χ1n) is 10.9. The molecule has 2 aromatic carbocycles. The predicted molar refractivity (Wildman–Crippen MR) is 137 cm³/mol. The molecule has 3 heterocycles. The van der Waals surface area contributed by atoms with Crippen LogP contribution in [-0.4, -0.2) is 33.9 Å². The van der Waals surface area contributed by atoms with E-state index in [-0.39, 0.29) is 5.56 Å². The standard InChI is InChI=1S/C25H22N4O4S2/c1-4-29-24(30)22-17(13-19(35-22)15-9-6-5-7-10-15)26-25(29)34-14-20-27-23(28-33-20)16-11-8-12-18(31-2)21(16)32-3/h5-13H,4,14H2,1-3H3. The molecule has 0 atom stereocenters. The van der Waals surface area contributed by atoms with Crippen molar-refractivity contribution in [1.29, 1.82) is 0 Å². The second-order valence-electron chi connectivity index (χ2n) is 7.48. The van der Waals surface area contributed by atoms with Gasteiger partial charge in [-0.15, -0.1) is 11.3 Å². The van der Waals surface area contributed by atoms with Crippen LogP contribution >= 0.6 is 23.1 Å². The molecule has 0 saturated carbocycles. The van der Waals surface area contributed by atoms with Gasteiger partial charge in [-0.2, -0.15) is 4.98 Å². The van der Waals surface area contributed by atoms with E-state index in [4.69, 9.17) is 19.0 Å². The van der Waals surface area contributed by atoms with Crippen molar-refractivity contribution in [3.8, 4) is 33.3 Å². The molecular weight excluding hydrogens is 484 g/mol. The highest BCUT2D eigenvalue weighted by atomic mass is 32.2. The van der Waals surface area contributed by atoms with Gasteiger partial charge in [0.2, 0.25) is 11.7 Å². The fraction of sp³-hybridized carbons (Fsp3) is 0.200. The van der Waals surface area contributed by atoms with Gasteiger partial charge in [-0.3, -0.25) is 9.36 Å². The highest BCUT2D eigenvalue weighted by Crippen LogP contribution is 2.37. The second kappa shape index (κ2) is 9.93. The maximum Gasteiger partial charge on any atom is 0.272 e. The van der Waals surface area contributed by atoms with Crippen molar-refractivity contribution in [3.05, 3.63) is 70.8 Å². The predicted octanol–water partition coefficient (Wildman–Crippen LogP) is 5.50. The topological polar surface area (TPSA) is 92.3 Å². The fourth-order valence-electron chi connectivity index (χ4n) is 3.74. The number of para-hydroxylation sites is 1. The monoisotopic (exact) mass is 506 g/mol. The molecule has 178 valence electrons. The van der Waals surface area contributed by atoms with E-state index in [9.17, 15) is 4.79 Å². The number of hydrogen-bond donors (Lipinski definition) is 0. The SMILES string of the molecule is CCn1c(SCc2nc(-c3cccc(OC)c3OC)no2)nc2cc(-c3ccccc3)sc2c1=O. The minimum Gasteiger partial charge on any atom is -0.493 e. The van der Waals surface area contributed by atoms with Gasteiger partial charge in [-0.25, -0.2) is 4.98 Å². The van der Waals surface area contributed by atoms with E-state index < -0.39 is 0 Å². The Kier molecular flexibility index (Phi) is 6.56. The number of thiophene rings is 1. The average molecular weight is 507 g/mol. The van der Waals surface area contributed by atoms with E-state index >= 15 is 0 Å². The molecule has 10 heteroatoms. The van der Waals surface area contributed by atoms with E-state index in [2.05, 4.69) is 10.1 Å². The van der Waals surface area contributed by atoms with E-state index in [1.807, 2.05) is 55.5 Å². The lowest BCUT2D eigenvalue weighted by Gasteiger charge is -2.09. The van der Waals surface area contributed by atoms with Crippen LogP contribution in [-0.2, 0) is 12.3 Å². The number of hydrogen-bond acceptors (Lipinski definition) is 9. The van der Waals surface area contributed by atoms with Crippen LogP contribution in [0.3, 0.4) is 0 Å². The van der Waals surface area contributed by atoms with E-state index in [1.54, 1.807) is 24.9 Å². The van der Waals surface area contributed by atoms with E-state index in [0.717, 1.165) is 10.4 Å². The Morgan fingerprint density at radius 1 is 1.06 bits per heavy atom. The summed E-state index contributed by atoms with van der Waals surface area (Å²) in [6.07, 6.45) is 0. The van der Waals surface area contributed by atoms with Gasteiger partial charge >= 0.3 is 0 Å². The highest BCUT2D eigenvalue weighted by molar-refractivity contribution is 7.98. The van der Waals surface area contributed by atoms with Crippen LogP contribution in [0.5, 0.6) is 11.5 Å². The van der Waals surface area contributed by atoms with Crippen molar-refractivity contribution < 1.29 is 14.0 Å². The summed E-state index contributed by atoms with van der Waals surface area (Å²) in [7, 11) is 3.14. The van der Waals surface area contributed by atoms with E-state index in [0.29, 0.717) is 56.4 Å². The van der Waals surface area contributed by atoms with Crippen LogP contribution in [0.15, 0.2) is 69.1 Å². The molecule has 0 radical (unpaired) electrons. The molecule has 0 unspecified atom stereocenters. The Labute approximate surface area is 209 Å². The zero-order valence-corrected chi connectivity index (χ0v) is 21.0. The first-order valence-corrected chi connectivity index (χ1v) is 12.7. The molecule has 0 fully saturated rings. The summed E-state index contributed by atoms with van der Waals surface area (Å²) in [5.74, 6) is 2.31. The van der Waals surface area contributed by atoms with Crippen LogP contribution in [0.25, 0.3) is 32.0 Å². The van der Waals surface area contributed by atoms with Gasteiger partial charge in [0.05, 0.1) is 31.1 Å². The highest BCUT2D eigenvalue weighted by Gasteiger charge is 2.19. The van der Waals surface area contributed by atoms with Crippen LogP contribution in [0.2, 0.25) is 0 Å². The summed E-state index contributed by atoms with van der Waals surface area (Å²) in [6.45, 7) is 2.45. The summed E-state index contributed by atoms with van der Waals surface area (Å²) >= 11 is 2.86. The largest absolute Gasteiger partial charge is 0.493 e. The van der Waals surface area contributed by atoms with Crippen molar-refractivity contribution in [2.75, 3.05) is 14.2 Å². The molecule has 0 N–H and O–H groups in total. The van der Waals surface area contributed by atoms with Crippen molar-refractivity contribution in [2.45, 2.75) is 24.4 Å². The quantitative estimate of drug-likeness (QED) is 0.201. The lowest BCUT2D eigenvalue weighted by Crippen LogP contribution is -2.21. The van der Waals surface area contributed by atoms with Crippen LogP contribution in [0.1, 0.15) is 12.8 Å². The Hall–Kier alpha value is -3.63. The fourth-order valence-corrected chi connectivity index (χ4v) is 5.69. The number of aromatic nitrogens is 4. The molecule has 0 spiro atoms. The third-order valence-electron chi connectivity index (χ3n) is 5.41. The van der Waals surface area contributed by atoms with Gasteiger partial charge in [0, 0.05) is 11.4 Å². The Morgan fingerprint density at radius 3 is 2.63 bits per heavy atom. The molecule has 8 nitrogen and oxygen atoms in total. The van der Waals surface area contributed by atoms with Crippen molar-refractivity contribution in [1.82, 2.24) is 19.7 Å². The molecule has 0 bridgehead atoms. The molecule has 0 aliphatic carbocycles. The number of thioether (sulfide) groups is 1. The number of ether oxygens (including phenoxy) is 2. The normalized spacial score (nSPS) is 11.2. The molecular formula is C25H22N4O4S2. The summed E-state index contributed by atoms with van der Waals surface area (Å²) < 4.78 is 18.6. The third-order valence-corrected chi connectivity index (χ3v) is 7.53. The minimum atomic E-state index is -0.0421. The zero-order chi connectivity index (χ0) is 24.4. The van der Waals surface area contributed by atoms with Gasteiger partial charge in [-0.05, 0) is 30.7 Å². The maximum absolute atomic E-state index is 13.2. The lowest BCUT2D eigenvalue weighted by molar-refractivity contribution is 0.355. The number of fused-ring (bicyclic) bond motifs is 1. The van der Waals surface area contributed by atoms with Gasteiger partial charge in [-0.1, -0.05) is 53.3 Å². The van der Waals surface area contributed by atoms with Crippen molar-refractivity contribution in [3.63, 3.8) is 0 Å². The molecule has 35 heavy (non-hydrogen) atoms. The first-order chi connectivity index (χ1) is 17.1. The Bertz CT molecular complexity index is 1540. The van der Waals surface area contributed by atoms with Crippen LogP contribution in [0.4, 0.5) is 0 Å². The third kappa shape index (κ3) is 4.42. The van der Waals surface area contributed by atoms with Crippen molar-refractivity contribution in [2.24, 2.45) is 0 Å². The number of benzene rings is 2. The molecule has 3 aromatic heterocycles. The molecule has 0 saturated heterocycles. The summed E-state index contributed by atoms with van der Waals surface area (Å²) in [5, 5.41) is 4.72. The minimum absolute atomic E-state index is 0.0421. The van der Waals surface area contributed by atoms with Gasteiger partial charge in [0.15, 0.2) is 16.7 Å². The average Bonchev–Trinajstić information content (AvgIpc) is 3.55. The number of nitrogens with zero attached hydrogens (tertiary/aromatic N) is 4.